The normalized spacial score (nSPS) is 24.2. The molecule has 0 aliphatic heterocycles. The van der Waals surface area contributed by atoms with E-state index in [1.165, 1.54) is 18.2 Å². The number of nitrogens with zero attached hydrogens (tertiary/aromatic N) is 1. The molecule has 0 spiro atoms. The summed E-state index contributed by atoms with van der Waals surface area (Å²) >= 11 is 0. The monoisotopic (exact) mass is 314 g/mol. The number of aliphatic hydroxyl groups excluding tert-OH is 1. The van der Waals surface area contributed by atoms with Crippen molar-refractivity contribution in [2.45, 2.75) is 37.3 Å². The van der Waals surface area contributed by atoms with Crippen molar-refractivity contribution < 1.29 is 18.4 Å². The molecular weight excluding hydrogens is 296 g/mol. The van der Waals surface area contributed by atoms with Gasteiger partial charge in [0.2, 0.25) is 0 Å². The molecule has 0 bridgehead atoms. The zero-order chi connectivity index (χ0) is 16.0. The summed E-state index contributed by atoms with van der Waals surface area (Å²) in [4.78, 5) is 10.3. The summed E-state index contributed by atoms with van der Waals surface area (Å²) in [6.07, 6.45) is 0.927. The van der Waals surface area contributed by atoms with Crippen LogP contribution in [-0.4, -0.2) is 36.8 Å². The van der Waals surface area contributed by atoms with Gasteiger partial charge in [-0.2, -0.15) is 0 Å². The predicted octanol–water partition coefficient (Wildman–Crippen LogP) is 1.57. The first-order valence-corrected chi connectivity index (χ1v) is 8.36. The lowest BCUT2D eigenvalue weighted by Gasteiger charge is -2.49. The number of nitro benzene ring substituents is 1. The van der Waals surface area contributed by atoms with Crippen LogP contribution in [0.2, 0.25) is 0 Å². The predicted molar refractivity (Wildman–Crippen MR) is 78.0 cm³/mol. The van der Waals surface area contributed by atoms with E-state index < -0.39 is 32.0 Å². The van der Waals surface area contributed by atoms with Crippen molar-refractivity contribution in [3.05, 3.63) is 28.3 Å². The van der Waals surface area contributed by atoms with Gasteiger partial charge in [-0.15, -0.1) is 0 Å². The Morgan fingerprint density at radius 3 is 2.48 bits per heavy atom. The number of nitro groups is 1. The van der Waals surface area contributed by atoms with Crippen molar-refractivity contribution in [2.24, 2.45) is 5.41 Å². The van der Waals surface area contributed by atoms with E-state index in [-0.39, 0.29) is 16.6 Å². The summed E-state index contributed by atoms with van der Waals surface area (Å²) in [5.74, 6) is 0. The van der Waals surface area contributed by atoms with Gasteiger partial charge in [-0.3, -0.25) is 10.1 Å². The van der Waals surface area contributed by atoms with E-state index in [1.807, 2.05) is 13.8 Å². The van der Waals surface area contributed by atoms with Crippen molar-refractivity contribution in [3.63, 3.8) is 0 Å². The Labute approximate surface area is 123 Å². The second-order valence-corrected chi connectivity index (χ2v) is 7.94. The van der Waals surface area contributed by atoms with Crippen molar-refractivity contribution in [2.75, 3.05) is 11.6 Å². The Morgan fingerprint density at radius 1 is 1.43 bits per heavy atom. The first-order valence-electron chi connectivity index (χ1n) is 6.47. The summed E-state index contributed by atoms with van der Waals surface area (Å²) in [7, 11) is -3.70. The van der Waals surface area contributed by atoms with E-state index in [0.717, 1.165) is 6.26 Å². The molecular formula is C13H18N2O5S. The van der Waals surface area contributed by atoms with Crippen molar-refractivity contribution in [3.8, 4) is 0 Å². The number of hydrogen-bond donors (Lipinski definition) is 2. The van der Waals surface area contributed by atoms with Crippen molar-refractivity contribution in [1.29, 1.82) is 0 Å². The molecule has 1 aliphatic carbocycles. The Balaban J connectivity index is 2.44. The fraction of sp³-hybridized carbons (Fsp3) is 0.538. The molecule has 1 saturated carbocycles. The lowest BCUT2D eigenvalue weighted by Crippen LogP contribution is -2.56. The number of benzene rings is 1. The molecule has 7 nitrogen and oxygen atoms in total. The zero-order valence-electron chi connectivity index (χ0n) is 12.0. The van der Waals surface area contributed by atoms with E-state index >= 15 is 0 Å². The van der Waals surface area contributed by atoms with E-state index in [9.17, 15) is 23.6 Å². The Bertz CT molecular complexity index is 684. The van der Waals surface area contributed by atoms with E-state index in [1.54, 1.807) is 0 Å². The quantitative estimate of drug-likeness (QED) is 0.645. The average Bonchev–Trinajstić information content (AvgIpc) is 2.36. The van der Waals surface area contributed by atoms with Crippen LogP contribution in [-0.2, 0) is 9.84 Å². The minimum Gasteiger partial charge on any atom is -0.392 e. The van der Waals surface area contributed by atoms with Gasteiger partial charge >= 0.3 is 5.69 Å². The number of rotatable bonds is 4. The van der Waals surface area contributed by atoms with Gasteiger partial charge in [0.15, 0.2) is 9.84 Å². The van der Waals surface area contributed by atoms with Gasteiger partial charge in [-0.25, -0.2) is 8.42 Å². The third kappa shape index (κ3) is 2.73. The zero-order valence-corrected chi connectivity index (χ0v) is 12.8. The molecule has 21 heavy (non-hydrogen) atoms. The number of sulfone groups is 1. The number of anilines is 1. The Kier molecular flexibility index (Phi) is 3.71. The first-order chi connectivity index (χ1) is 9.55. The average molecular weight is 314 g/mol. The summed E-state index contributed by atoms with van der Waals surface area (Å²) in [5, 5.41) is 24.0. The fourth-order valence-electron chi connectivity index (χ4n) is 2.46. The minimum atomic E-state index is -3.70. The van der Waals surface area contributed by atoms with E-state index in [2.05, 4.69) is 5.32 Å². The molecule has 2 atom stereocenters. The largest absolute Gasteiger partial charge is 0.392 e. The molecule has 116 valence electrons. The summed E-state index contributed by atoms with van der Waals surface area (Å²) < 4.78 is 23.4. The molecule has 0 aromatic heterocycles. The van der Waals surface area contributed by atoms with Crippen LogP contribution >= 0.6 is 0 Å². The molecule has 2 unspecified atom stereocenters. The molecule has 8 heteroatoms. The highest BCUT2D eigenvalue weighted by atomic mass is 32.2. The van der Waals surface area contributed by atoms with Gasteiger partial charge < -0.3 is 10.4 Å². The molecule has 1 aliphatic rings. The standard InChI is InChI=1S/C13H18N2O5S/c1-13(2)10(7-11(13)16)14-8-5-4-6-9(21(3,19)20)12(8)15(17)18/h4-6,10-11,14,16H,7H2,1-3H3. The van der Waals surface area contributed by atoms with Crippen LogP contribution in [0.1, 0.15) is 20.3 Å². The van der Waals surface area contributed by atoms with Gasteiger partial charge in [0.1, 0.15) is 10.6 Å². The molecule has 0 amide bonds. The van der Waals surface area contributed by atoms with Gasteiger partial charge in [-0.1, -0.05) is 19.9 Å². The van der Waals surface area contributed by atoms with Gasteiger partial charge in [0.05, 0.1) is 11.0 Å². The van der Waals surface area contributed by atoms with Crippen molar-refractivity contribution >= 4 is 21.2 Å². The SMILES string of the molecule is CC1(C)C(O)CC1Nc1cccc(S(C)(=O)=O)c1[N+](=O)[O-]. The van der Waals surface area contributed by atoms with Crippen LogP contribution < -0.4 is 5.32 Å². The second-order valence-electron chi connectivity index (χ2n) is 5.95. The molecule has 2 rings (SSSR count). The number of nitrogens with one attached hydrogen (secondary N) is 1. The van der Waals surface area contributed by atoms with Gasteiger partial charge in [0.25, 0.3) is 0 Å². The highest BCUT2D eigenvalue weighted by molar-refractivity contribution is 7.90. The fourth-order valence-corrected chi connectivity index (χ4v) is 3.32. The maximum Gasteiger partial charge on any atom is 0.310 e. The molecule has 1 fully saturated rings. The number of para-hydroxylation sites is 1. The van der Waals surface area contributed by atoms with Gasteiger partial charge in [-0.05, 0) is 18.6 Å². The summed E-state index contributed by atoms with van der Waals surface area (Å²) in [5.41, 5.74) is -0.709. The molecule has 0 radical (unpaired) electrons. The topological polar surface area (TPSA) is 110 Å². The molecule has 1 aromatic carbocycles. The lowest BCUT2D eigenvalue weighted by molar-refractivity contribution is -0.386. The Morgan fingerprint density at radius 2 is 2.05 bits per heavy atom. The smallest absolute Gasteiger partial charge is 0.310 e. The van der Waals surface area contributed by atoms with Crippen LogP contribution in [0.5, 0.6) is 0 Å². The molecule has 2 N–H and O–H groups in total. The highest BCUT2D eigenvalue weighted by Crippen LogP contribution is 2.44. The lowest BCUT2D eigenvalue weighted by atomic mass is 9.64. The van der Waals surface area contributed by atoms with Crippen LogP contribution in [0, 0.1) is 15.5 Å². The van der Waals surface area contributed by atoms with Gasteiger partial charge in [0, 0.05) is 17.7 Å². The third-order valence-corrected chi connectivity index (χ3v) is 5.26. The van der Waals surface area contributed by atoms with Crippen LogP contribution in [0.25, 0.3) is 0 Å². The van der Waals surface area contributed by atoms with Crippen LogP contribution in [0.3, 0.4) is 0 Å². The van der Waals surface area contributed by atoms with E-state index in [4.69, 9.17) is 0 Å². The summed E-state index contributed by atoms with van der Waals surface area (Å²) in [6, 6.07) is 4.02. The van der Waals surface area contributed by atoms with E-state index in [0.29, 0.717) is 6.42 Å². The Hall–Kier alpha value is -1.67. The maximum atomic E-state index is 11.7. The molecule has 0 heterocycles. The first kappa shape index (κ1) is 15.7. The summed E-state index contributed by atoms with van der Waals surface area (Å²) in [6.45, 7) is 3.70. The second kappa shape index (κ2) is 4.96. The maximum absolute atomic E-state index is 11.7. The molecule has 1 aromatic rings. The number of aliphatic hydroxyl groups is 1. The highest BCUT2D eigenvalue weighted by Gasteiger charge is 2.48. The van der Waals surface area contributed by atoms with Crippen LogP contribution in [0.4, 0.5) is 11.4 Å². The van der Waals surface area contributed by atoms with Crippen molar-refractivity contribution in [1.82, 2.24) is 0 Å². The number of hydrogen-bond acceptors (Lipinski definition) is 6. The molecule has 0 saturated heterocycles. The minimum absolute atomic E-state index is 0.152. The van der Waals surface area contributed by atoms with Crippen LogP contribution in [0.15, 0.2) is 23.1 Å². The third-order valence-electron chi connectivity index (χ3n) is 4.13.